The molecule has 4 heterocycles. The van der Waals surface area contributed by atoms with E-state index in [2.05, 4.69) is 51.4 Å². The van der Waals surface area contributed by atoms with Gasteiger partial charge in [-0.25, -0.2) is 31.2 Å². The molecule has 4 aromatic carbocycles. The van der Waals surface area contributed by atoms with Crippen molar-refractivity contribution in [3.05, 3.63) is 140 Å². The van der Waals surface area contributed by atoms with Crippen LogP contribution in [0, 0.1) is 19.7 Å². The van der Waals surface area contributed by atoms with Gasteiger partial charge in [-0.05, 0) is 85.6 Å². The Bertz CT molecular complexity index is 2880. The number of alkyl halides is 6. The van der Waals surface area contributed by atoms with Gasteiger partial charge in [0, 0.05) is 76.0 Å². The standard InChI is InChI=1S/C23H24F3N3O3S2.C21H18ClF4N3O3S2/c1-16-11-17(2)13-18(12-16)14-19-15-33-22(27-19)28-7-9-29(10-8-28)34(30,31)21-5-3-20(4-6-21)32-23(24,25)26;22-18-12-14(1-6-19(18)23)11-15-13-33-20(27-15)28-7-9-29(10-8-28)34(30,31)17-4-2-16(3-5-17)32-21(24,25)26/h3-6,11-13,15H,7-10,14H2,1-2H3;1-6,12-13H,7-11H2. The molecular formula is C44H42ClF7N6O6S4. The first kappa shape index (κ1) is 50.8. The van der Waals surface area contributed by atoms with Gasteiger partial charge >= 0.3 is 12.7 Å². The van der Waals surface area contributed by atoms with Gasteiger partial charge in [0.2, 0.25) is 20.0 Å². The summed E-state index contributed by atoms with van der Waals surface area (Å²) in [6, 6.07) is 19.3. The van der Waals surface area contributed by atoms with E-state index in [0.29, 0.717) is 32.6 Å². The summed E-state index contributed by atoms with van der Waals surface area (Å²) in [5.74, 6) is -1.43. The van der Waals surface area contributed by atoms with Crippen molar-refractivity contribution in [3.63, 3.8) is 0 Å². The molecule has 2 aliphatic rings. The quantitative estimate of drug-likeness (QED) is 0.110. The first-order valence-electron chi connectivity index (χ1n) is 20.6. The number of nitrogens with zero attached hydrogens (tertiary/aromatic N) is 6. The van der Waals surface area contributed by atoms with E-state index in [4.69, 9.17) is 16.6 Å². The number of aryl methyl sites for hydroxylation is 2. The summed E-state index contributed by atoms with van der Waals surface area (Å²) in [6.07, 6.45) is -8.45. The number of thiazole rings is 2. The van der Waals surface area contributed by atoms with Crippen LogP contribution in [-0.2, 0) is 32.9 Å². The maximum Gasteiger partial charge on any atom is 0.573 e. The molecule has 0 radical (unpaired) electrons. The van der Waals surface area contributed by atoms with Crippen molar-refractivity contribution in [1.29, 1.82) is 0 Å². The second-order valence-electron chi connectivity index (χ2n) is 15.7. The van der Waals surface area contributed by atoms with Gasteiger partial charge in [-0.15, -0.1) is 49.0 Å². The summed E-state index contributed by atoms with van der Waals surface area (Å²) < 4.78 is 149. The molecule has 0 saturated carbocycles. The lowest BCUT2D eigenvalue weighted by Crippen LogP contribution is -2.48. The van der Waals surface area contributed by atoms with Crippen LogP contribution >= 0.6 is 34.3 Å². The van der Waals surface area contributed by atoms with E-state index in [-0.39, 0.29) is 41.0 Å². The third kappa shape index (κ3) is 13.4. The smallest absolute Gasteiger partial charge is 0.406 e. The molecule has 364 valence electrons. The third-order valence-corrected chi connectivity index (χ3v) is 16.5. The zero-order valence-corrected chi connectivity index (χ0v) is 40.1. The molecule has 0 aliphatic carbocycles. The van der Waals surface area contributed by atoms with Crippen LogP contribution in [0.4, 0.5) is 41.0 Å². The van der Waals surface area contributed by atoms with Crippen molar-refractivity contribution in [2.75, 3.05) is 62.2 Å². The fourth-order valence-electron chi connectivity index (χ4n) is 7.45. The second kappa shape index (κ2) is 20.9. The van der Waals surface area contributed by atoms with E-state index in [0.717, 1.165) is 82.2 Å². The highest BCUT2D eigenvalue weighted by molar-refractivity contribution is 7.89. The molecule has 24 heteroatoms. The van der Waals surface area contributed by atoms with Crippen LogP contribution < -0.4 is 19.3 Å². The summed E-state index contributed by atoms with van der Waals surface area (Å²) in [5, 5.41) is 5.56. The van der Waals surface area contributed by atoms with Crippen molar-refractivity contribution in [2.45, 2.75) is 49.2 Å². The molecule has 12 nitrogen and oxygen atoms in total. The molecule has 2 aliphatic heterocycles. The zero-order valence-electron chi connectivity index (χ0n) is 36.1. The highest BCUT2D eigenvalue weighted by atomic mass is 35.5. The summed E-state index contributed by atoms with van der Waals surface area (Å²) in [7, 11) is -7.68. The highest BCUT2D eigenvalue weighted by Gasteiger charge is 2.34. The van der Waals surface area contributed by atoms with Crippen LogP contribution in [0.3, 0.4) is 0 Å². The fraction of sp³-hybridized carbons (Fsp3) is 0.318. The van der Waals surface area contributed by atoms with Crippen molar-refractivity contribution < 1.29 is 57.0 Å². The Morgan fingerprint density at radius 3 is 1.35 bits per heavy atom. The van der Waals surface area contributed by atoms with Gasteiger partial charge in [-0.2, -0.15) is 8.61 Å². The predicted octanol–water partition coefficient (Wildman–Crippen LogP) is 9.70. The summed E-state index contributed by atoms with van der Waals surface area (Å²) in [4.78, 5) is 13.2. The minimum atomic E-state index is -4.85. The molecule has 2 aromatic heterocycles. The highest BCUT2D eigenvalue weighted by Crippen LogP contribution is 2.31. The van der Waals surface area contributed by atoms with E-state index in [1.54, 1.807) is 12.1 Å². The number of rotatable bonds is 12. The summed E-state index contributed by atoms with van der Waals surface area (Å²) in [5.41, 5.74) is 6.22. The largest absolute Gasteiger partial charge is 0.573 e. The topological polar surface area (TPSA) is 125 Å². The van der Waals surface area contributed by atoms with Gasteiger partial charge in [-0.3, -0.25) is 0 Å². The summed E-state index contributed by atoms with van der Waals surface area (Å²) in [6.45, 7) is 6.83. The molecule has 0 spiro atoms. The number of ether oxygens (including phenoxy) is 2. The Balaban J connectivity index is 0.000000201. The first-order valence-corrected chi connectivity index (χ1v) is 25.6. The molecule has 2 fully saturated rings. The van der Waals surface area contributed by atoms with Crippen LogP contribution in [0.5, 0.6) is 11.5 Å². The van der Waals surface area contributed by atoms with Gasteiger partial charge in [0.1, 0.15) is 17.3 Å². The molecule has 6 aromatic rings. The van der Waals surface area contributed by atoms with E-state index < -0.39 is 50.1 Å². The maximum absolute atomic E-state index is 13.3. The van der Waals surface area contributed by atoms with Crippen molar-refractivity contribution in [3.8, 4) is 11.5 Å². The first-order chi connectivity index (χ1) is 32.0. The lowest BCUT2D eigenvalue weighted by atomic mass is 10.0. The monoisotopic (exact) mass is 1050 g/mol. The Morgan fingerprint density at radius 1 is 0.574 bits per heavy atom. The van der Waals surface area contributed by atoms with Crippen molar-refractivity contribution >= 4 is 64.6 Å². The van der Waals surface area contributed by atoms with Gasteiger partial charge < -0.3 is 19.3 Å². The van der Waals surface area contributed by atoms with E-state index in [1.807, 2.05) is 15.7 Å². The number of sulfonamides is 2. The minimum absolute atomic E-state index is 0.0489. The number of hydrogen-bond donors (Lipinski definition) is 0. The molecule has 0 bridgehead atoms. The Kier molecular flexibility index (Phi) is 15.6. The van der Waals surface area contributed by atoms with E-state index in [1.165, 1.54) is 54.0 Å². The fourth-order valence-corrected chi connectivity index (χ4v) is 12.3. The third-order valence-electron chi connectivity index (χ3n) is 10.5. The second-order valence-corrected chi connectivity index (χ2v) is 21.6. The van der Waals surface area contributed by atoms with E-state index in [9.17, 15) is 47.6 Å². The van der Waals surface area contributed by atoms with Crippen LogP contribution in [0.15, 0.2) is 105 Å². The zero-order chi connectivity index (χ0) is 49.0. The molecule has 8 rings (SSSR count). The van der Waals surface area contributed by atoms with Crippen LogP contribution in [0.2, 0.25) is 5.02 Å². The molecule has 0 N–H and O–H groups in total. The SMILES string of the molecule is Cc1cc(C)cc(Cc2csc(N3CCN(S(=O)(=O)c4ccc(OC(F)(F)F)cc4)CC3)n2)c1.O=S(=O)(c1ccc(OC(F)(F)F)cc1)N1CCN(c2nc(Cc3ccc(F)c(Cl)c3)cs2)CC1. The van der Waals surface area contributed by atoms with E-state index >= 15 is 0 Å². The normalized spacial score (nSPS) is 15.5. The number of anilines is 2. The maximum atomic E-state index is 13.3. The number of hydrogen-bond acceptors (Lipinski definition) is 12. The number of benzene rings is 4. The number of aromatic nitrogens is 2. The number of halogens is 8. The number of piperazine rings is 2. The molecule has 0 unspecified atom stereocenters. The summed E-state index contributed by atoms with van der Waals surface area (Å²) >= 11 is 8.79. The van der Waals surface area contributed by atoms with Crippen LogP contribution in [0.1, 0.15) is 33.6 Å². The van der Waals surface area contributed by atoms with Gasteiger partial charge in [0.05, 0.1) is 26.2 Å². The Morgan fingerprint density at radius 2 is 0.971 bits per heavy atom. The average molecular weight is 1050 g/mol. The van der Waals surface area contributed by atoms with Gasteiger partial charge in [0.25, 0.3) is 0 Å². The lowest BCUT2D eigenvalue weighted by molar-refractivity contribution is -0.275. The van der Waals surface area contributed by atoms with Crippen molar-refractivity contribution in [2.24, 2.45) is 0 Å². The van der Waals surface area contributed by atoms with Gasteiger partial charge in [-0.1, -0.05) is 47.0 Å². The predicted molar refractivity (Wildman–Crippen MR) is 245 cm³/mol. The van der Waals surface area contributed by atoms with Crippen LogP contribution in [-0.4, -0.2) is 100 Å². The average Bonchev–Trinajstić information content (AvgIpc) is 3.94. The molecule has 68 heavy (non-hydrogen) atoms. The molecule has 0 atom stereocenters. The molecule has 0 amide bonds. The molecular weight excluding hydrogens is 1010 g/mol. The Labute approximate surface area is 401 Å². The lowest BCUT2D eigenvalue weighted by Gasteiger charge is -2.33. The molecule has 2 saturated heterocycles. The van der Waals surface area contributed by atoms with Crippen LogP contribution in [0.25, 0.3) is 0 Å². The van der Waals surface area contributed by atoms with Gasteiger partial charge in [0.15, 0.2) is 10.3 Å². The Hall–Kier alpha value is -5.04. The minimum Gasteiger partial charge on any atom is -0.406 e. The van der Waals surface area contributed by atoms with Crippen molar-refractivity contribution in [1.82, 2.24) is 18.6 Å².